The lowest BCUT2D eigenvalue weighted by Crippen LogP contribution is -2.27. The summed E-state index contributed by atoms with van der Waals surface area (Å²) in [6.07, 6.45) is 3.11. The minimum atomic E-state index is -0.770. The molecule has 1 aromatic rings. The number of ether oxygens (including phenoxy) is 3. The van der Waals surface area contributed by atoms with Gasteiger partial charge in [-0.15, -0.1) is 0 Å². The average molecular weight is 369 g/mol. The van der Waals surface area contributed by atoms with Crippen LogP contribution in [0.15, 0.2) is 59.5 Å². The van der Waals surface area contributed by atoms with Crippen LogP contribution in [0.5, 0.6) is 0 Å². The van der Waals surface area contributed by atoms with Gasteiger partial charge in [-0.05, 0) is 25.5 Å². The zero-order valence-corrected chi connectivity index (χ0v) is 15.0. The molecule has 2 rings (SSSR count). The van der Waals surface area contributed by atoms with Crippen molar-refractivity contribution in [2.24, 2.45) is 5.73 Å². The summed E-state index contributed by atoms with van der Waals surface area (Å²) < 4.78 is 15.4. The topological polar surface area (TPSA) is 125 Å². The molecule has 1 aromatic heterocycles. The second-order valence-electron chi connectivity index (χ2n) is 5.73. The Hall–Kier alpha value is -3.60. The molecule has 0 bridgehead atoms. The first kappa shape index (κ1) is 19.7. The summed E-state index contributed by atoms with van der Waals surface area (Å²) in [6, 6.07) is 5.46. The molecule has 0 radical (unpaired) electrons. The number of nitrogens with zero attached hydrogens (tertiary/aromatic N) is 2. The summed E-state index contributed by atoms with van der Waals surface area (Å²) in [4.78, 5) is 28.0. The fourth-order valence-corrected chi connectivity index (χ4v) is 2.48. The van der Waals surface area contributed by atoms with Crippen LogP contribution < -0.4 is 5.73 Å². The van der Waals surface area contributed by atoms with Gasteiger partial charge in [0.1, 0.15) is 24.5 Å². The molecule has 0 aliphatic carbocycles. The maximum absolute atomic E-state index is 12.6. The van der Waals surface area contributed by atoms with Gasteiger partial charge in [-0.1, -0.05) is 12.6 Å². The summed E-state index contributed by atoms with van der Waals surface area (Å²) >= 11 is 0. The smallest absolute Gasteiger partial charge is 0.340 e. The summed E-state index contributed by atoms with van der Waals surface area (Å²) in [6.45, 7) is 6.24. The number of nitriles is 1. The van der Waals surface area contributed by atoms with Gasteiger partial charge in [0, 0.05) is 18.0 Å². The third-order valence-corrected chi connectivity index (χ3v) is 3.74. The van der Waals surface area contributed by atoms with Crippen LogP contribution in [-0.4, -0.2) is 30.1 Å². The van der Waals surface area contributed by atoms with Gasteiger partial charge in [-0.25, -0.2) is 9.59 Å². The summed E-state index contributed by atoms with van der Waals surface area (Å²) in [5.74, 6) is -1.96. The Kier molecular flexibility index (Phi) is 6.33. The summed E-state index contributed by atoms with van der Waals surface area (Å²) in [5, 5.41) is 9.52. The van der Waals surface area contributed by atoms with Crippen molar-refractivity contribution in [3.8, 4) is 6.07 Å². The van der Waals surface area contributed by atoms with Crippen molar-refractivity contribution in [1.29, 1.82) is 5.26 Å². The van der Waals surface area contributed by atoms with Crippen molar-refractivity contribution in [3.05, 3.63) is 65.0 Å². The highest BCUT2D eigenvalue weighted by Crippen LogP contribution is 2.39. The predicted molar refractivity (Wildman–Crippen MR) is 94.3 cm³/mol. The minimum Gasteiger partial charge on any atom is -0.459 e. The van der Waals surface area contributed by atoms with E-state index in [-0.39, 0.29) is 35.8 Å². The van der Waals surface area contributed by atoms with Crippen molar-refractivity contribution in [3.63, 3.8) is 0 Å². The maximum atomic E-state index is 12.6. The van der Waals surface area contributed by atoms with Crippen molar-refractivity contribution in [1.82, 2.24) is 4.98 Å². The lowest BCUT2D eigenvalue weighted by molar-refractivity contribution is -0.147. The third-order valence-electron chi connectivity index (χ3n) is 3.74. The van der Waals surface area contributed by atoms with E-state index in [0.717, 1.165) is 0 Å². The molecule has 1 unspecified atom stereocenters. The van der Waals surface area contributed by atoms with E-state index in [0.29, 0.717) is 11.3 Å². The molecule has 0 spiro atoms. The molecular formula is C19H19N3O5. The molecule has 1 aliphatic rings. The Bertz CT molecular complexity index is 865. The molecule has 1 atom stereocenters. The van der Waals surface area contributed by atoms with Crippen molar-refractivity contribution in [2.45, 2.75) is 19.8 Å². The van der Waals surface area contributed by atoms with Gasteiger partial charge < -0.3 is 19.9 Å². The van der Waals surface area contributed by atoms with Crippen LogP contribution in [0.25, 0.3) is 0 Å². The standard InChI is InChI=1S/C19H19N3O5/c1-11(2)18(23)25-7-8-26-19(24)16-15(13-5-4-6-22-10-13)14(9-20)12(3)27-17(16)21/h4-6,10,15H,1,7-8,21H2,2-3H3. The van der Waals surface area contributed by atoms with Crippen LogP contribution in [-0.2, 0) is 23.8 Å². The normalized spacial score (nSPS) is 16.3. The fourth-order valence-electron chi connectivity index (χ4n) is 2.48. The number of allylic oxidation sites excluding steroid dienone is 2. The monoisotopic (exact) mass is 369 g/mol. The Morgan fingerprint density at radius 2 is 2.11 bits per heavy atom. The minimum absolute atomic E-state index is 0.00335. The SMILES string of the molecule is C=C(C)C(=O)OCCOC(=O)C1=C(N)OC(C)=C(C#N)C1c1cccnc1. The van der Waals surface area contributed by atoms with Crippen molar-refractivity contribution in [2.75, 3.05) is 13.2 Å². The molecule has 0 saturated carbocycles. The highest BCUT2D eigenvalue weighted by Gasteiger charge is 2.36. The molecule has 27 heavy (non-hydrogen) atoms. The van der Waals surface area contributed by atoms with E-state index in [1.54, 1.807) is 25.3 Å². The largest absolute Gasteiger partial charge is 0.459 e. The van der Waals surface area contributed by atoms with Gasteiger partial charge in [0.25, 0.3) is 0 Å². The van der Waals surface area contributed by atoms with Gasteiger partial charge in [-0.3, -0.25) is 4.98 Å². The number of rotatable bonds is 6. The third kappa shape index (κ3) is 4.52. The van der Waals surface area contributed by atoms with E-state index in [1.807, 2.05) is 0 Å². The van der Waals surface area contributed by atoms with Crippen LogP contribution in [0.4, 0.5) is 0 Å². The number of nitrogens with two attached hydrogens (primary N) is 1. The van der Waals surface area contributed by atoms with Crippen LogP contribution in [0.1, 0.15) is 25.3 Å². The van der Waals surface area contributed by atoms with E-state index in [2.05, 4.69) is 17.6 Å². The lowest BCUT2D eigenvalue weighted by Gasteiger charge is -2.26. The fraction of sp³-hybridized carbons (Fsp3) is 0.263. The number of carbonyl (C=O) groups is 2. The van der Waals surface area contributed by atoms with Crippen molar-refractivity contribution < 1.29 is 23.8 Å². The molecule has 0 fully saturated rings. The van der Waals surface area contributed by atoms with Crippen LogP contribution in [0.2, 0.25) is 0 Å². The Balaban J connectivity index is 2.20. The number of carbonyl (C=O) groups excluding carboxylic acids is 2. The van der Waals surface area contributed by atoms with Crippen molar-refractivity contribution >= 4 is 11.9 Å². The first-order valence-corrected chi connectivity index (χ1v) is 8.04. The second-order valence-corrected chi connectivity index (χ2v) is 5.73. The number of hydrogen-bond donors (Lipinski definition) is 1. The zero-order chi connectivity index (χ0) is 20.0. The highest BCUT2D eigenvalue weighted by molar-refractivity contribution is 5.92. The van der Waals surface area contributed by atoms with Crippen LogP contribution in [0, 0.1) is 11.3 Å². The Labute approximate surface area is 156 Å². The van der Waals surface area contributed by atoms with E-state index in [4.69, 9.17) is 19.9 Å². The highest BCUT2D eigenvalue weighted by atomic mass is 16.6. The van der Waals surface area contributed by atoms with Crippen LogP contribution in [0.3, 0.4) is 0 Å². The van der Waals surface area contributed by atoms with E-state index in [1.165, 1.54) is 13.1 Å². The van der Waals surface area contributed by atoms with E-state index < -0.39 is 17.9 Å². The molecule has 2 heterocycles. The molecule has 8 heteroatoms. The Morgan fingerprint density at radius 1 is 1.41 bits per heavy atom. The molecule has 0 aromatic carbocycles. The molecule has 140 valence electrons. The first-order valence-electron chi connectivity index (χ1n) is 8.04. The zero-order valence-electron chi connectivity index (χ0n) is 15.0. The Morgan fingerprint density at radius 3 is 2.70 bits per heavy atom. The first-order chi connectivity index (χ1) is 12.9. The quantitative estimate of drug-likeness (QED) is 0.457. The molecule has 0 saturated heterocycles. The summed E-state index contributed by atoms with van der Waals surface area (Å²) in [7, 11) is 0. The number of aromatic nitrogens is 1. The summed E-state index contributed by atoms with van der Waals surface area (Å²) in [5.41, 5.74) is 6.97. The van der Waals surface area contributed by atoms with E-state index >= 15 is 0 Å². The number of esters is 2. The van der Waals surface area contributed by atoms with Gasteiger partial charge >= 0.3 is 11.9 Å². The predicted octanol–water partition coefficient (Wildman–Crippen LogP) is 1.83. The van der Waals surface area contributed by atoms with Gasteiger partial charge in [0.05, 0.1) is 17.6 Å². The molecule has 1 aliphatic heterocycles. The molecule has 8 nitrogen and oxygen atoms in total. The molecule has 0 amide bonds. The number of hydrogen-bond acceptors (Lipinski definition) is 8. The van der Waals surface area contributed by atoms with Gasteiger partial charge in [0.2, 0.25) is 5.88 Å². The van der Waals surface area contributed by atoms with Gasteiger partial charge in [0.15, 0.2) is 0 Å². The number of pyridine rings is 1. The average Bonchev–Trinajstić information content (AvgIpc) is 2.64. The second kappa shape index (κ2) is 8.67. The maximum Gasteiger partial charge on any atom is 0.340 e. The molecule has 2 N–H and O–H groups in total. The van der Waals surface area contributed by atoms with E-state index in [9.17, 15) is 14.9 Å². The van der Waals surface area contributed by atoms with Gasteiger partial charge in [-0.2, -0.15) is 5.26 Å². The van der Waals surface area contributed by atoms with Crippen LogP contribution >= 0.6 is 0 Å². The lowest BCUT2D eigenvalue weighted by atomic mass is 9.84. The molecular weight excluding hydrogens is 350 g/mol.